The summed E-state index contributed by atoms with van der Waals surface area (Å²) in [6, 6.07) is 8.69. The summed E-state index contributed by atoms with van der Waals surface area (Å²) in [6.45, 7) is 1.34. The highest BCUT2D eigenvalue weighted by atomic mass is 79.9. The minimum atomic E-state index is -3.76. The van der Waals surface area contributed by atoms with Gasteiger partial charge in [0, 0.05) is 42.8 Å². The van der Waals surface area contributed by atoms with Gasteiger partial charge in [-0.1, -0.05) is 28.1 Å². The molecule has 2 aromatic rings. The molecule has 3 heterocycles. The first kappa shape index (κ1) is 20.3. The third-order valence-corrected chi connectivity index (χ3v) is 5.20. The second kappa shape index (κ2) is 8.02. The molecule has 2 aliphatic heterocycles. The van der Waals surface area contributed by atoms with Crippen molar-refractivity contribution in [1.29, 1.82) is 0 Å². The van der Waals surface area contributed by atoms with E-state index in [1.165, 1.54) is 11.0 Å². The smallest absolute Gasteiger partial charge is 0.395 e. The number of piperazine rings is 1. The van der Waals surface area contributed by atoms with Gasteiger partial charge in [-0.2, -0.15) is 0 Å². The highest BCUT2D eigenvalue weighted by Gasteiger charge is 2.44. The third kappa shape index (κ3) is 4.43. The van der Waals surface area contributed by atoms with Crippen molar-refractivity contribution in [3.63, 3.8) is 0 Å². The Morgan fingerprint density at radius 2 is 1.67 bits per heavy atom. The quantitative estimate of drug-likeness (QED) is 0.632. The molecule has 0 spiro atoms. The molecule has 1 aromatic heterocycles. The lowest BCUT2D eigenvalue weighted by atomic mass is 10.2. The predicted octanol–water partition coefficient (Wildman–Crippen LogP) is 3.16. The number of fused-ring (bicyclic) bond motifs is 1. The van der Waals surface area contributed by atoms with Gasteiger partial charge in [-0.05, 0) is 23.8 Å². The van der Waals surface area contributed by atoms with Crippen LogP contribution in [-0.4, -0.2) is 59.1 Å². The van der Waals surface area contributed by atoms with Crippen molar-refractivity contribution >= 4 is 33.8 Å². The average Bonchev–Trinajstić information content (AvgIpc) is 3.05. The van der Waals surface area contributed by atoms with Gasteiger partial charge < -0.3 is 19.3 Å². The zero-order valence-electron chi connectivity index (χ0n) is 15.6. The summed E-state index contributed by atoms with van der Waals surface area (Å²) in [5.74, 6) is -1.02. The van der Waals surface area contributed by atoms with Crippen molar-refractivity contribution in [3.8, 4) is 11.5 Å². The maximum atomic E-state index is 13.1. The molecular weight excluding hydrogens is 464 g/mol. The molecule has 0 unspecified atom stereocenters. The molecule has 156 valence electrons. The standard InChI is InChI=1S/C20H16BrF2N3O4/c21-14-4-1-13(2-5-14)3-6-18(27)25-7-9-26(10-8-25)19(28)15-11-16-17(12-24-15)30-20(22,23)29-16/h1-6,11-12H,7-10H2/b6-3+. The number of benzene rings is 1. The number of amides is 2. The lowest BCUT2D eigenvalue weighted by Crippen LogP contribution is -2.50. The molecule has 2 aliphatic rings. The minimum Gasteiger partial charge on any atom is -0.395 e. The van der Waals surface area contributed by atoms with Gasteiger partial charge in [0.05, 0.1) is 6.20 Å². The molecule has 0 atom stereocenters. The highest BCUT2D eigenvalue weighted by molar-refractivity contribution is 9.10. The number of aromatic nitrogens is 1. The Balaban J connectivity index is 1.34. The van der Waals surface area contributed by atoms with Crippen LogP contribution in [0, 0.1) is 0 Å². The summed E-state index contributed by atoms with van der Waals surface area (Å²) in [5.41, 5.74) is 0.879. The van der Waals surface area contributed by atoms with Crippen molar-refractivity contribution in [2.24, 2.45) is 0 Å². The Morgan fingerprint density at radius 3 is 2.37 bits per heavy atom. The van der Waals surface area contributed by atoms with E-state index in [2.05, 4.69) is 30.4 Å². The molecule has 0 radical (unpaired) electrons. The Kier molecular flexibility index (Phi) is 5.42. The Hall–Kier alpha value is -3.01. The first-order chi connectivity index (χ1) is 14.3. The van der Waals surface area contributed by atoms with Gasteiger partial charge in [0.25, 0.3) is 5.91 Å². The number of carbonyl (C=O) groups excluding carboxylic acids is 2. The highest BCUT2D eigenvalue weighted by Crippen LogP contribution is 2.40. The Bertz CT molecular complexity index is 1010. The predicted molar refractivity (Wildman–Crippen MR) is 106 cm³/mol. The number of pyridine rings is 1. The van der Waals surface area contributed by atoms with Crippen molar-refractivity contribution in [2.45, 2.75) is 6.29 Å². The summed E-state index contributed by atoms with van der Waals surface area (Å²) in [6.07, 6.45) is 0.510. The van der Waals surface area contributed by atoms with Crippen LogP contribution in [-0.2, 0) is 4.79 Å². The van der Waals surface area contributed by atoms with Crippen molar-refractivity contribution in [3.05, 3.63) is 58.3 Å². The molecule has 4 rings (SSSR count). The fourth-order valence-corrected chi connectivity index (χ4v) is 3.38. The van der Waals surface area contributed by atoms with Gasteiger partial charge in [0.15, 0.2) is 11.5 Å². The average molecular weight is 480 g/mol. The van der Waals surface area contributed by atoms with E-state index in [0.29, 0.717) is 26.2 Å². The lowest BCUT2D eigenvalue weighted by Gasteiger charge is -2.34. The maximum Gasteiger partial charge on any atom is 0.586 e. The molecule has 1 aromatic carbocycles. The molecule has 0 bridgehead atoms. The Labute approximate surface area is 179 Å². The molecule has 0 aliphatic carbocycles. The minimum absolute atomic E-state index is 0.0232. The van der Waals surface area contributed by atoms with E-state index in [-0.39, 0.29) is 23.1 Å². The summed E-state index contributed by atoms with van der Waals surface area (Å²) < 4.78 is 35.8. The van der Waals surface area contributed by atoms with Crippen molar-refractivity contribution in [2.75, 3.05) is 26.2 Å². The molecule has 1 saturated heterocycles. The third-order valence-electron chi connectivity index (χ3n) is 4.68. The molecule has 2 amide bonds. The summed E-state index contributed by atoms with van der Waals surface area (Å²) in [4.78, 5) is 32.1. The monoisotopic (exact) mass is 479 g/mol. The number of hydrogen-bond donors (Lipinski definition) is 0. The van der Waals surface area contributed by atoms with Gasteiger partial charge in [-0.25, -0.2) is 4.98 Å². The zero-order valence-corrected chi connectivity index (χ0v) is 17.1. The number of hydrogen-bond acceptors (Lipinski definition) is 5. The largest absolute Gasteiger partial charge is 0.586 e. The number of ether oxygens (including phenoxy) is 2. The van der Waals surface area contributed by atoms with Crippen molar-refractivity contribution in [1.82, 2.24) is 14.8 Å². The first-order valence-corrected chi connectivity index (χ1v) is 9.88. The number of nitrogens with zero attached hydrogens (tertiary/aromatic N) is 3. The van der Waals surface area contributed by atoms with E-state index in [9.17, 15) is 18.4 Å². The van der Waals surface area contributed by atoms with Gasteiger partial charge in [0.1, 0.15) is 5.69 Å². The van der Waals surface area contributed by atoms with Crippen LogP contribution in [0.1, 0.15) is 16.1 Å². The van der Waals surface area contributed by atoms with E-state index < -0.39 is 12.2 Å². The summed E-state index contributed by atoms with van der Waals surface area (Å²) in [5, 5.41) is 0. The van der Waals surface area contributed by atoms with Crippen LogP contribution >= 0.6 is 15.9 Å². The van der Waals surface area contributed by atoms with Crippen LogP contribution in [0.3, 0.4) is 0 Å². The SMILES string of the molecule is O=C(/C=C/c1ccc(Br)cc1)N1CCN(C(=O)c2cc3c(cn2)OC(F)(F)O3)CC1. The second-order valence-electron chi connectivity index (χ2n) is 6.69. The molecule has 10 heteroatoms. The number of alkyl halides is 2. The molecule has 30 heavy (non-hydrogen) atoms. The topological polar surface area (TPSA) is 72.0 Å². The van der Waals surface area contributed by atoms with Crippen LogP contribution < -0.4 is 9.47 Å². The van der Waals surface area contributed by atoms with E-state index in [1.54, 1.807) is 11.0 Å². The van der Waals surface area contributed by atoms with Crippen LogP contribution in [0.5, 0.6) is 11.5 Å². The lowest BCUT2D eigenvalue weighted by molar-refractivity contribution is -0.286. The number of carbonyl (C=O) groups is 2. The van der Waals surface area contributed by atoms with Gasteiger partial charge >= 0.3 is 6.29 Å². The normalized spacial score (nSPS) is 17.4. The molecular formula is C20H16BrF2N3O4. The van der Waals surface area contributed by atoms with Crippen LogP contribution in [0.25, 0.3) is 6.08 Å². The molecule has 7 nitrogen and oxygen atoms in total. The number of halogens is 3. The van der Waals surface area contributed by atoms with Gasteiger partial charge in [-0.15, -0.1) is 8.78 Å². The molecule has 0 N–H and O–H groups in total. The van der Waals surface area contributed by atoms with E-state index in [0.717, 1.165) is 22.3 Å². The summed E-state index contributed by atoms with van der Waals surface area (Å²) in [7, 11) is 0. The molecule has 1 fully saturated rings. The van der Waals surface area contributed by atoms with Crippen LogP contribution in [0.4, 0.5) is 8.78 Å². The second-order valence-corrected chi connectivity index (χ2v) is 7.60. The van der Waals surface area contributed by atoms with Gasteiger partial charge in [0.2, 0.25) is 5.91 Å². The van der Waals surface area contributed by atoms with Crippen molar-refractivity contribution < 1.29 is 27.8 Å². The van der Waals surface area contributed by atoms with E-state index in [4.69, 9.17) is 0 Å². The van der Waals surface area contributed by atoms with Crippen LogP contribution in [0.15, 0.2) is 47.1 Å². The zero-order chi connectivity index (χ0) is 21.3. The molecule has 0 saturated carbocycles. The van der Waals surface area contributed by atoms with E-state index >= 15 is 0 Å². The van der Waals surface area contributed by atoms with Crippen LogP contribution in [0.2, 0.25) is 0 Å². The summed E-state index contributed by atoms with van der Waals surface area (Å²) >= 11 is 3.36. The maximum absolute atomic E-state index is 13.1. The van der Waals surface area contributed by atoms with Gasteiger partial charge in [-0.3, -0.25) is 9.59 Å². The first-order valence-electron chi connectivity index (χ1n) is 9.08. The Morgan fingerprint density at radius 1 is 1.03 bits per heavy atom. The fourth-order valence-electron chi connectivity index (χ4n) is 3.11. The van der Waals surface area contributed by atoms with E-state index in [1.807, 2.05) is 24.3 Å². The number of rotatable bonds is 3. The fraction of sp³-hybridized carbons (Fsp3) is 0.250.